The van der Waals surface area contributed by atoms with Gasteiger partial charge in [0.25, 0.3) is 0 Å². The first-order chi connectivity index (χ1) is 12.1. The standard InChI is InChI=1S/C19H27FN2O3/c20-16-6-2-1-5-15(16)17(23)14-21-18(24)13-19(7-3-4-8-19)22-9-11-25-12-10-22/h1-2,5-6,17,23H,3-4,7-14H2,(H,21,24). The van der Waals surface area contributed by atoms with Crippen LogP contribution in [0.1, 0.15) is 43.8 Å². The van der Waals surface area contributed by atoms with Crippen LogP contribution in [0.25, 0.3) is 0 Å². The van der Waals surface area contributed by atoms with Crippen LogP contribution in [-0.2, 0) is 9.53 Å². The minimum Gasteiger partial charge on any atom is -0.386 e. The average Bonchev–Trinajstić information content (AvgIpc) is 3.10. The lowest BCUT2D eigenvalue weighted by molar-refractivity contribution is -0.126. The lowest BCUT2D eigenvalue weighted by Gasteiger charge is -2.43. The van der Waals surface area contributed by atoms with Crippen LogP contribution < -0.4 is 5.32 Å². The largest absolute Gasteiger partial charge is 0.386 e. The van der Waals surface area contributed by atoms with Crippen molar-refractivity contribution in [2.75, 3.05) is 32.8 Å². The number of ether oxygens (including phenoxy) is 1. The molecule has 2 aliphatic rings. The van der Waals surface area contributed by atoms with Crippen molar-refractivity contribution in [3.05, 3.63) is 35.6 Å². The number of benzene rings is 1. The van der Waals surface area contributed by atoms with Crippen molar-refractivity contribution in [1.29, 1.82) is 0 Å². The van der Waals surface area contributed by atoms with Crippen molar-refractivity contribution < 1.29 is 19.0 Å². The van der Waals surface area contributed by atoms with Gasteiger partial charge in [-0.1, -0.05) is 31.0 Å². The third-order valence-corrected chi connectivity index (χ3v) is 5.46. The van der Waals surface area contributed by atoms with Crippen LogP contribution in [0.15, 0.2) is 24.3 Å². The summed E-state index contributed by atoms with van der Waals surface area (Å²) < 4.78 is 19.1. The second-order valence-corrected chi connectivity index (χ2v) is 7.05. The normalized spacial score (nSPS) is 21.8. The SMILES string of the molecule is O=C(CC1(N2CCOCC2)CCCC1)NCC(O)c1ccccc1F. The smallest absolute Gasteiger partial charge is 0.221 e. The van der Waals surface area contributed by atoms with Gasteiger partial charge < -0.3 is 15.2 Å². The van der Waals surface area contributed by atoms with Gasteiger partial charge in [0.15, 0.2) is 0 Å². The maximum absolute atomic E-state index is 13.7. The third-order valence-electron chi connectivity index (χ3n) is 5.46. The molecule has 1 aromatic rings. The Balaban J connectivity index is 1.56. The highest BCUT2D eigenvalue weighted by atomic mass is 19.1. The molecule has 6 heteroatoms. The van der Waals surface area contributed by atoms with Crippen molar-refractivity contribution in [3.63, 3.8) is 0 Å². The van der Waals surface area contributed by atoms with E-state index in [1.807, 2.05) is 0 Å². The van der Waals surface area contributed by atoms with Gasteiger partial charge in [-0.25, -0.2) is 4.39 Å². The molecule has 1 unspecified atom stereocenters. The van der Waals surface area contributed by atoms with Gasteiger partial charge in [-0.05, 0) is 18.9 Å². The topological polar surface area (TPSA) is 61.8 Å². The number of halogens is 1. The molecule has 0 spiro atoms. The van der Waals surface area contributed by atoms with Crippen molar-refractivity contribution in [1.82, 2.24) is 10.2 Å². The second-order valence-electron chi connectivity index (χ2n) is 7.05. The second kappa shape index (κ2) is 8.25. The predicted molar refractivity (Wildman–Crippen MR) is 92.6 cm³/mol. The molecule has 2 N–H and O–H groups in total. The fraction of sp³-hybridized carbons (Fsp3) is 0.632. The van der Waals surface area contributed by atoms with Crippen LogP contribution in [-0.4, -0.2) is 54.3 Å². The Labute approximate surface area is 148 Å². The van der Waals surface area contributed by atoms with Crippen LogP contribution >= 0.6 is 0 Å². The Morgan fingerprint density at radius 3 is 2.64 bits per heavy atom. The van der Waals surface area contributed by atoms with Crippen molar-refractivity contribution in [2.45, 2.75) is 43.7 Å². The summed E-state index contributed by atoms with van der Waals surface area (Å²) in [6, 6.07) is 6.11. The van der Waals surface area contributed by atoms with Gasteiger partial charge in [0, 0.05) is 37.2 Å². The number of aliphatic hydroxyl groups excluding tert-OH is 1. The molecule has 25 heavy (non-hydrogen) atoms. The zero-order valence-corrected chi connectivity index (χ0v) is 14.5. The van der Waals surface area contributed by atoms with Crippen molar-refractivity contribution in [2.24, 2.45) is 0 Å². The maximum Gasteiger partial charge on any atom is 0.221 e. The fourth-order valence-electron chi connectivity index (χ4n) is 4.10. The quantitative estimate of drug-likeness (QED) is 0.824. The first-order valence-corrected chi connectivity index (χ1v) is 9.13. The molecule has 0 radical (unpaired) electrons. The number of carbonyl (C=O) groups is 1. The van der Waals surface area contributed by atoms with Gasteiger partial charge in [0.2, 0.25) is 5.91 Å². The van der Waals surface area contributed by atoms with Gasteiger partial charge in [0.1, 0.15) is 5.82 Å². The zero-order valence-electron chi connectivity index (χ0n) is 14.5. The monoisotopic (exact) mass is 350 g/mol. The zero-order chi connectivity index (χ0) is 17.7. The molecule has 3 rings (SSSR count). The third kappa shape index (κ3) is 4.37. The Hall–Kier alpha value is -1.50. The van der Waals surface area contributed by atoms with Gasteiger partial charge in [-0.3, -0.25) is 9.69 Å². The summed E-state index contributed by atoms with van der Waals surface area (Å²) >= 11 is 0. The molecule has 1 amide bonds. The highest BCUT2D eigenvalue weighted by Crippen LogP contribution is 2.38. The van der Waals surface area contributed by atoms with Crippen LogP contribution in [0, 0.1) is 5.82 Å². The summed E-state index contributed by atoms with van der Waals surface area (Å²) in [6.07, 6.45) is 3.72. The van der Waals surface area contributed by atoms with E-state index in [0.717, 1.165) is 52.0 Å². The van der Waals surface area contributed by atoms with Crippen LogP contribution in [0.5, 0.6) is 0 Å². The average molecular weight is 350 g/mol. The molecule has 0 bridgehead atoms. The summed E-state index contributed by atoms with van der Waals surface area (Å²) in [4.78, 5) is 14.9. The summed E-state index contributed by atoms with van der Waals surface area (Å²) in [7, 11) is 0. The minimum absolute atomic E-state index is 0.0267. The predicted octanol–water partition coefficient (Wildman–Crippen LogP) is 2.01. The number of nitrogens with zero attached hydrogens (tertiary/aromatic N) is 1. The molecule has 138 valence electrons. The van der Waals surface area contributed by atoms with E-state index in [-0.39, 0.29) is 23.6 Å². The van der Waals surface area contributed by atoms with Crippen LogP contribution in [0.4, 0.5) is 4.39 Å². The number of aliphatic hydroxyl groups is 1. The van der Waals surface area contributed by atoms with E-state index in [1.165, 1.54) is 6.07 Å². The highest BCUT2D eigenvalue weighted by molar-refractivity contribution is 5.77. The highest BCUT2D eigenvalue weighted by Gasteiger charge is 2.41. The number of rotatable bonds is 6. The number of hydrogen-bond donors (Lipinski definition) is 2. The molecular weight excluding hydrogens is 323 g/mol. The Bertz CT molecular complexity index is 584. The summed E-state index contributed by atoms with van der Waals surface area (Å²) in [5.74, 6) is -0.534. The maximum atomic E-state index is 13.7. The summed E-state index contributed by atoms with van der Waals surface area (Å²) in [5.41, 5.74) is 0.128. The first-order valence-electron chi connectivity index (χ1n) is 9.13. The molecule has 1 aromatic carbocycles. The molecule has 0 aromatic heterocycles. The first kappa shape index (κ1) is 18.3. The van der Waals surface area contributed by atoms with Crippen LogP contribution in [0.2, 0.25) is 0 Å². The number of carbonyl (C=O) groups excluding carboxylic acids is 1. The Morgan fingerprint density at radius 2 is 1.96 bits per heavy atom. The molecule has 1 saturated carbocycles. The number of nitrogens with one attached hydrogen (secondary N) is 1. The van der Waals surface area contributed by atoms with E-state index in [1.54, 1.807) is 18.2 Å². The molecule has 5 nitrogen and oxygen atoms in total. The lowest BCUT2D eigenvalue weighted by atomic mass is 9.90. The van der Waals surface area contributed by atoms with E-state index >= 15 is 0 Å². The number of amides is 1. The summed E-state index contributed by atoms with van der Waals surface area (Å²) in [5, 5.41) is 12.9. The van der Waals surface area contributed by atoms with Gasteiger partial charge in [-0.15, -0.1) is 0 Å². The fourth-order valence-corrected chi connectivity index (χ4v) is 4.10. The molecular formula is C19H27FN2O3. The van der Waals surface area contributed by atoms with E-state index in [9.17, 15) is 14.3 Å². The van der Waals surface area contributed by atoms with Crippen LogP contribution in [0.3, 0.4) is 0 Å². The number of hydrogen-bond acceptors (Lipinski definition) is 4. The Kier molecular flexibility index (Phi) is 6.04. The van der Waals surface area contributed by atoms with E-state index < -0.39 is 11.9 Å². The summed E-state index contributed by atoms with van der Waals surface area (Å²) in [6.45, 7) is 3.19. The van der Waals surface area contributed by atoms with E-state index in [4.69, 9.17) is 4.74 Å². The van der Waals surface area contributed by atoms with Gasteiger partial charge >= 0.3 is 0 Å². The van der Waals surface area contributed by atoms with Gasteiger partial charge in [0.05, 0.1) is 19.3 Å². The van der Waals surface area contributed by atoms with E-state index in [0.29, 0.717) is 6.42 Å². The molecule has 1 aliphatic carbocycles. The molecule has 1 heterocycles. The van der Waals surface area contributed by atoms with Gasteiger partial charge in [-0.2, -0.15) is 0 Å². The molecule has 1 saturated heterocycles. The lowest BCUT2D eigenvalue weighted by Crippen LogP contribution is -2.54. The minimum atomic E-state index is -1.03. The molecule has 1 atom stereocenters. The molecule has 1 aliphatic heterocycles. The van der Waals surface area contributed by atoms with E-state index in [2.05, 4.69) is 10.2 Å². The Morgan fingerprint density at radius 1 is 1.28 bits per heavy atom. The van der Waals surface area contributed by atoms with Crippen molar-refractivity contribution in [3.8, 4) is 0 Å². The number of morpholine rings is 1. The molecule has 2 fully saturated rings. The van der Waals surface area contributed by atoms with Crippen molar-refractivity contribution >= 4 is 5.91 Å².